The third-order valence-electron chi connectivity index (χ3n) is 3.11. The first-order chi connectivity index (χ1) is 7.78. The summed E-state index contributed by atoms with van der Waals surface area (Å²) in [6.45, 7) is 9.58. The largest absolute Gasteiger partial charge is 0.360 e. The van der Waals surface area contributed by atoms with E-state index in [1.165, 1.54) is 19.5 Å². The predicted molar refractivity (Wildman–Crippen MR) is 63.2 cm³/mol. The maximum absolute atomic E-state index is 5.24. The summed E-state index contributed by atoms with van der Waals surface area (Å²) < 4.78 is 5.24. The van der Waals surface area contributed by atoms with Crippen LogP contribution in [0.2, 0.25) is 0 Å². The number of aryl methyl sites for hydroxylation is 1. The zero-order chi connectivity index (χ0) is 11.4. The Labute approximate surface area is 97.0 Å². The van der Waals surface area contributed by atoms with Crippen molar-refractivity contribution in [3.63, 3.8) is 0 Å². The van der Waals surface area contributed by atoms with Crippen molar-refractivity contribution in [2.75, 3.05) is 26.2 Å². The van der Waals surface area contributed by atoms with E-state index >= 15 is 0 Å². The van der Waals surface area contributed by atoms with Gasteiger partial charge in [0.25, 0.3) is 0 Å². The van der Waals surface area contributed by atoms with Crippen molar-refractivity contribution in [2.45, 2.75) is 26.8 Å². The summed E-state index contributed by atoms with van der Waals surface area (Å²) in [5.74, 6) is 1.78. The van der Waals surface area contributed by atoms with Gasteiger partial charge in [-0.3, -0.25) is 4.90 Å². The van der Waals surface area contributed by atoms with Crippen LogP contribution in [0.5, 0.6) is 0 Å². The number of hydrogen-bond donors (Lipinski definition) is 1. The van der Waals surface area contributed by atoms with E-state index in [0.717, 1.165) is 37.0 Å². The van der Waals surface area contributed by atoms with Gasteiger partial charge in [-0.25, -0.2) is 0 Å². The molecule has 4 nitrogen and oxygen atoms in total. The molecule has 4 heteroatoms. The quantitative estimate of drug-likeness (QED) is 0.819. The van der Waals surface area contributed by atoms with Crippen LogP contribution in [0.4, 0.5) is 0 Å². The normalized spacial score (nSPS) is 21.8. The molecule has 1 unspecified atom stereocenters. The van der Waals surface area contributed by atoms with Crippen molar-refractivity contribution < 1.29 is 4.52 Å². The maximum atomic E-state index is 5.24. The minimum absolute atomic E-state index is 0.795. The predicted octanol–water partition coefficient (Wildman–Crippen LogP) is 1.41. The Morgan fingerprint density at radius 3 is 3.19 bits per heavy atom. The van der Waals surface area contributed by atoms with Gasteiger partial charge in [-0.05, 0) is 38.9 Å². The molecule has 1 atom stereocenters. The lowest BCUT2D eigenvalue weighted by Gasteiger charge is -2.14. The summed E-state index contributed by atoms with van der Waals surface area (Å²) in [5.41, 5.74) is 0.971. The van der Waals surface area contributed by atoms with Crippen LogP contribution in [-0.4, -0.2) is 36.2 Å². The van der Waals surface area contributed by atoms with Crippen LogP contribution in [0.15, 0.2) is 10.6 Å². The second-order valence-electron chi connectivity index (χ2n) is 4.63. The van der Waals surface area contributed by atoms with Crippen molar-refractivity contribution in [1.82, 2.24) is 15.4 Å². The van der Waals surface area contributed by atoms with Crippen LogP contribution in [0.3, 0.4) is 0 Å². The Hall–Kier alpha value is -0.870. The van der Waals surface area contributed by atoms with Gasteiger partial charge in [0.05, 0.1) is 12.2 Å². The average molecular weight is 223 g/mol. The highest BCUT2D eigenvalue weighted by molar-refractivity contribution is 5.03. The van der Waals surface area contributed by atoms with E-state index in [4.69, 9.17) is 4.52 Å². The summed E-state index contributed by atoms with van der Waals surface area (Å²) in [6, 6.07) is 2.03. The van der Waals surface area contributed by atoms with Gasteiger partial charge in [0, 0.05) is 12.6 Å². The van der Waals surface area contributed by atoms with Gasteiger partial charge in [-0.1, -0.05) is 12.1 Å². The van der Waals surface area contributed by atoms with E-state index in [-0.39, 0.29) is 0 Å². The van der Waals surface area contributed by atoms with Crippen molar-refractivity contribution >= 4 is 0 Å². The number of aromatic nitrogens is 1. The topological polar surface area (TPSA) is 41.3 Å². The molecule has 1 aromatic heterocycles. The molecule has 0 saturated carbocycles. The fourth-order valence-electron chi connectivity index (χ4n) is 2.28. The van der Waals surface area contributed by atoms with Crippen LogP contribution in [0, 0.1) is 12.8 Å². The Bertz CT molecular complexity index is 324. The molecule has 0 bridgehead atoms. The van der Waals surface area contributed by atoms with Crippen LogP contribution in [0.25, 0.3) is 0 Å². The molecule has 0 aromatic carbocycles. The minimum Gasteiger partial charge on any atom is -0.360 e. The number of rotatable bonds is 5. The van der Waals surface area contributed by atoms with Gasteiger partial charge < -0.3 is 9.84 Å². The molecule has 1 aliphatic heterocycles. The maximum Gasteiger partial charge on any atom is 0.150 e. The van der Waals surface area contributed by atoms with E-state index < -0.39 is 0 Å². The Morgan fingerprint density at radius 2 is 2.50 bits per heavy atom. The lowest BCUT2D eigenvalue weighted by molar-refractivity contribution is 0.264. The lowest BCUT2D eigenvalue weighted by atomic mass is 10.1. The first-order valence-corrected chi connectivity index (χ1v) is 6.13. The van der Waals surface area contributed by atoms with Crippen molar-refractivity contribution in [1.29, 1.82) is 0 Å². The van der Waals surface area contributed by atoms with Gasteiger partial charge in [-0.15, -0.1) is 0 Å². The highest BCUT2D eigenvalue weighted by Crippen LogP contribution is 2.18. The van der Waals surface area contributed by atoms with Crippen LogP contribution < -0.4 is 5.32 Å². The van der Waals surface area contributed by atoms with Gasteiger partial charge in [-0.2, -0.15) is 0 Å². The molecule has 0 aliphatic carbocycles. The summed E-state index contributed by atoms with van der Waals surface area (Å²) in [6.07, 6.45) is 1.29. The molecular formula is C12H21N3O. The number of nitrogens with zero attached hydrogens (tertiary/aromatic N) is 2. The standard InChI is InChI=1S/C12H21N3O/c1-3-13-7-11-4-5-15(8-11)9-12-6-10(2)14-16-12/h6,11,13H,3-5,7-9H2,1-2H3. The Kier molecular flexibility index (Phi) is 3.96. The van der Waals surface area contributed by atoms with Gasteiger partial charge >= 0.3 is 0 Å². The zero-order valence-corrected chi connectivity index (χ0v) is 10.2. The summed E-state index contributed by atoms with van der Waals surface area (Å²) >= 11 is 0. The van der Waals surface area contributed by atoms with Crippen LogP contribution in [0.1, 0.15) is 24.8 Å². The third kappa shape index (κ3) is 3.06. The monoisotopic (exact) mass is 223 g/mol. The summed E-state index contributed by atoms with van der Waals surface area (Å²) in [7, 11) is 0. The average Bonchev–Trinajstić information content (AvgIpc) is 2.86. The molecular weight excluding hydrogens is 202 g/mol. The molecule has 0 spiro atoms. The number of likely N-dealkylation sites (tertiary alicyclic amines) is 1. The fourth-order valence-corrected chi connectivity index (χ4v) is 2.28. The molecule has 2 rings (SSSR count). The Balaban J connectivity index is 1.76. The van der Waals surface area contributed by atoms with Crippen molar-refractivity contribution in [2.24, 2.45) is 5.92 Å². The SMILES string of the molecule is CCNCC1CCN(Cc2cc(C)no2)C1. The highest BCUT2D eigenvalue weighted by atomic mass is 16.5. The first-order valence-electron chi connectivity index (χ1n) is 6.13. The van der Waals surface area contributed by atoms with E-state index in [9.17, 15) is 0 Å². The second-order valence-corrected chi connectivity index (χ2v) is 4.63. The van der Waals surface area contributed by atoms with Crippen molar-refractivity contribution in [3.05, 3.63) is 17.5 Å². The molecule has 0 radical (unpaired) electrons. The van der Waals surface area contributed by atoms with Gasteiger partial charge in [0.1, 0.15) is 0 Å². The molecule has 1 N–H and O–H groups in total. The van der Waals surface area contributed by atoms with E-state index in [1.54, 1.807) is 0 Å². The molecule has 0 amide bonds. The lowest BCUT2D eigenvalue weighted by Crippen LogP contribution is -2.26. The van der Waals surface area contributed by atoms with Gasteiger partial charge in [0.15, 0.2) is 5.76 Å². The smallest absolute Gasteiger partial charge is 0.150 e. The van der Waals surface area contributed by atoms with E-state index in [1.807, 2.05) is 13.0 Å². The fraction of sp³-hybridized carbons (Fsp3) is 0.750. The molecule has 1 aliphatic rings. The second kappa shape index (κ2) is 5.46. The summed E-state index contributed by atoms with van der Waals surface area (Å²) in [5, 5.41) is 7.33. The minimum atomic E-state index is 0.795. The van der Waals surface area contributed by atoms with Gasteiger partial charge in [0.2, 0.25) is 0 Å². The third-order valence-corrected chi connectivity index (χ3v) is 3.11. The van der Waals surface area contributed by atoms with Crippen molar-refractivity contribution in [3.8, 4) is 0 Å². The molecule has 1 fully saturated rings. The van der Waals surface area contributed by atoms with E-state index in [0.29, 0.717) is 0 Å². The first kappa shape index (κ1) is 11.6. The van der Waals surface area contributed by atoms with E-state index in [2.05, 4.69) is 22.3 Å². The highest BCUT2D eigenvalue weighted by Gasteiger charge is 2.22. The molecule has 2 heterocycles. The molecule has 1 saturated heterocycles. The summed E-state index contributed by atoms with van der Waals surface area (Å²) in [4.78, 5) is 2.45. The zero-order valence-electron chi connectivity index (χ0n) is 10.2. The number of nitrogens with one attached hydrogen (secondary N) is 1. The Morgan fingerprint density at radius 1 is 1.62 bits per heavy atom. The number of hydrogen-bond acceptors (Lipinski definition) is 4. The molecule has 1 aromatic rings. The van der Waals surface area contributed by atoms with Crippen LogP contribution >= 0.6 is 0 Å². The molecule has 16 heavy (non-hydrogen) atoms. The van der Waals surface area contributed by atoms with Crippen LogP contribution in [-0.2, 0) is 6.54 Å². The molecule has 90 valence electrons.